The summed E-state index contributed by atoms with van der Waals surface area (Å²) in [6, 6.07) is 13.6. The third-order valence-electron chi connectivity index (χ3n) is 4.93. The fourth-order valence-corrected chi connectivity index (χ4v) is 3.32. The molecule has 10 nitrogen and oxygen atoms in total. The average molecular weight is 438 g/mol. The van der Waals surface area contributed by atoms with Gasteiger partial charge in [-0.15, -0.1) is 0 Å². The van der Waals surface area contributed by atoms with Crippen LogP contribution in [-0.2, 0) is 19.2 Å². The lowest BCUT2D eigenvalue weighted by Crippen LogP contribution is -2.47. The van der Waals surface area contributed by atoms with E-state index in [1.54, 1.807) is 24.3 Å². The molecule has 2 saturated heterocycles. The smallest absolute Gasteiger partial charge is 0.249 e. The van der Waals surface area contributed by atoms with Crippen LogP contribution in [0.5, 0.6) is 0 Å². The molecule has 0 saturated carbocycles. The van der Waals surface area contributed by atoms with Gasteiger partial charge in [-0.05, 0) is 49.2 Å². The molecule has 168 valence electrons. The summed E-state index contributed by atoms with van der Waals surface area (Å²) < 4.78 is 0. The molecule has 2 aromatic rings. The molecule has 0 aliphatic carbocycles. The Morgan fingerprint density at radius 1 is 0.688 bits per heavy atom. The number of hydrogen-bond donors (Lipinski definition) is 6. The number of hydrogen-bond acceptors (Lipinski definition) is 8. The number of anilines is 4. The second-order valence-electron chi connectivity index (χ2n) is 7.55. The highest BCUT2D eigenvalue weighted by molar-refractivity contribution is 6.02. The van der Waals surface area contributed by atoms with Crippen molar-refractivity contribution in [1.82, 2.24) is 10.6 Å². The second-order valence-corrected chi connectivity index (χ2v) is 7.55. The first kappa shape index (κ1) is 22.6. The molecule has 1 unspecified atom stereocenters. The minimum absolute atomic E-state index is 0.212. The van der Waals surface area contributed by atoms with Crippen molar-refractivity contribution in [3.05, 3.63) is 48.5 Å². The highest BCUT2D eigenvalue weighted by atomic mass is 16.2. The Morgan fingerprint density at radius 3 is 1.44 bits per heavy atom. The molecule has 0 aromatic heterocycles. The molecule has 2 fully saturated rings. The van der Waals surface area contributed by atoms with Crippen LogP contribution in [0, 0.1) is 0 Å². The monoisotopic (exact) mass is 438 g/mol. The summed E-state index contributed by atoms with van der Waals surface area (Å²) in [6.07, 6.45) is 1.76. The van der Waals surface area contributed by atoms with Crippen LogP contribution >= 0.6 is 0 Å². The van der Waals surface area contributed by atoms with Gasteiger partial charge in [0.25, 0.3) is 0 Å². The van der Waals surface area contributed by atoms with Crippen molar-refractivity contribution in [2.24, 2.45) is 0 Å². The Bertz CT molecular complexity index is 943. The first-order valence-electron chi connectivity index (χ1n) is 10.2. The maximum Gasteiger partial charge on any atom is 0.249 e. The van der Waals surface area contributed by atoms with Gasteiger partial charge in [-0.3, -0.25) is 29.8 Å². The van der Waals surface area contributed by atoms with E-state index in [4.69, 9.17) is 11.5 Å². The van der Waals surface area contributed by atoms with Crippen molar-refractivity contribution < 1.29 is 19.2 Å². The summed E-state index contributed by atoms with van der Waals surface area (Å²) in [5.74, 6) is -0.983. The van der Waals surface area contributed by atoms with E-state index in [-0.39, 0.29) is 35.7 Å². The zero-order valence-corrected chi connectivity index (χ0v) is 17.4. The van der Waals surface area contributed by atoms with Crippen LogP contribution in [0.2, 0.25) is 0 Å². The van der Waals surface area contributed by atoms with Gasteiger partial charge in [0.05, 0.1) is 0 Å². The summed E-state index contributed by atoms with van der Waals surface area (Å²) in [5, 5.41) is 10.7. The molecule has 32 heavy (non-hydrogen) atoms. The highest BCUT2D eigenvalue weighted by Gasteiger charge is 2.27. The number of rotatable bonds is 4. The van der Waals surface area contributed by atoms with Crippen LogP contribution in [0.3, 0.4) is 0 Å². The molecule has 2 atom stereocenters. The van der Waals surface area contributed by atoms with Gasteiger partial charge in [-0.25, -0.2) is 0 Å². The van der Waals surface area contributed by atoms with Gasteiger partial charge in [-0.2, -0.15) is 0 Å². The van der Waals surface area contributed by atoms with E-state index in [1.165, 1.54) is 0 Å². The Kier molecular flexibility index (Phi) is 7.27. The van der Waals surface area contributed by atoms with E-state index in [2.05, 4.69) is 21.3 Å². The molecule has 2 aliphatic heterocycles. The van der Waals surface area contributed by atoms with E-state index < -0.39 is 0 Å². The summed E-state index contributed by atoms with van der Waals surface area (Å²) in [7, 11) is 0. The predicted octanol–water partition coefficient (Wildman–Crippen LogP) is 0.972. The van der Waals surface area contributed by atoms with Crippen LogP contribution in [0.1, 0.15) is 25.7 Å². The van der Waals surface area contributed by atoms with Crippen molar-refractivity contribution in [3.8, 4) is 0 Å². The maximum absolute atomic E-state index is 11.5. The quantitative estimate of drug-likeness (QED) is 0.303. The minimum Gasteiger partial charge on any atom is -0.399 e. The Hall–Kier alpha value is -4.08. The maximum atomic E-state index is 11.5. The number of imide groups is 2. The Morgan fingerprint density at radius 2 is 1.09 bits per heavy atom. The van der Waals surface area contributed by atoms with Crippen LogP contribution in [0.25, 0.3) is 0 Å². The van der Waals surface area contributed by atoms with Crippen LogP contribution in [-0.4, -0.2) is 35.7 Å². The number of carbonyl (C=O) groups is 4. The lowest BCUT2D eigenvalue weighted by atomic mass is 10.1. The number of nitrogen functional groups attached to an aromatic ring is 2. The van der Waals surface area contributed by atoms with Gasteiger partial charge >= 0.3 is 0 Å². The molecule has 0 bridgehead atoms. The molecule has 0 radical (unpaired) electrons. The van der Waals surface area contributed by atoms with E-state index in [0.29, 0.717) is 37.1 Å². The average Bonchev–Trinajstić information content (AvgIpc) is 2.73. The van der Waals surface area contributed by atoms with Gasteiger partial charge in [0.1, 0.15) is 12.1 Å². The normalized spacial score (nSPS) is 20.4. The highest BCUT2D eigenvalue weighted by Crippen LogP contribution is 2.17. The van der Waals surface area contributed by atoms with E-state index >= 15 is 0 Å². The lowest BCUT2D eigenvalue weighted by Gasteiger charge is -2.22. The predicted molar refractivity (Wildman–Crippen MR) is 121 cm³/mol. The van der Waals surface area contributed by atoms with Crippen molar-refractivity contribution in [3.63, 3.8) is 0 Å². The number of nitrogens with one attached hydrogen (secondary N) is 4. The van der Waals surface area contributed by atoms with Gasteiger partial charge in [-0.1, -0.05) is 12.1 Å². The molecule has 2 aliphatic rings. The van der Waals surface area contributed by atoms with Crippen LogP contribution < -0.4 is 32.7 Å². The number of benzene rings is 2. The summed E-state index contributed by atoms with van der Waals surface area (Å²) in [6.45, 7) is 0. The van der Waals surface area contributed by atoms with Gasteiger partial charge in [0.15, 0.2) is 0 Å². The fourth-order valence-electron chi connectivity index (χ4n) is 3.32. The number of nitrogens with two attached hydrogens (primary N) is 2. The van der Waals surface area contributed by atoms with Gasteiger partial charge < -0.3 is 22.1 Å². The zero-order valence-electron chi connectivity index (χ0n) is 17.4. The third-order valence-corrected chi connectivity index (χ3v) is 4.93. The molecule has 8 N–H and O–H groups in total. The zero-order chi connectivity index (χ0) is 23.1. The van der Waals surface area contributed by atoms with E-state index in [9.17, 15) is 19.2 Å². The van der Waals surface area contributed by atoms with Crippen LogP contribution in [0.4, 0.5) is 22.7 Å². The van der Waals surface area contributed by atoms with Crippen molar-refractivity contribution in [2.75, 3.05) is 22.1 Å². The van der Waals surface area contributed by atoms with Crippen molar-refractivity contribution in [1.29, 1.82) is 0 Å². The largest absolute Gasteiger partial charge is 0.399 e. The molecule has 10 heteroatoms. The van der Waals surface area contributed by atoms with Crippen molar-refractivity contribution in [2.45, 2.75) is 37.8 Å². The molecule has 4 rings (SSSR count). The summed E-state index contributed by atoms with van der Waals surface area (Å²) in [4.78, 5) is 44.8. The Labute approximate surface area is 185 Å². The number of piperidine rings is 2. The molecule has 2 heterocycles. The number of amides is 4. The van der Waals surface area contributed by atoms with E-state index in [1.807, 2.05) is 24.3 Å². The molecule has 0 spiro atoms. The first-order valence-corrected chi connectivity index (χ1v) is 10.2. The number of carbonyl (C=O) groups excluding carboxylic acids is 4. The third kappa shape index (κ3) is 6.46. The topological polar surface area (TPSA) is 168 Å². The summed E-state index contributed by atoms with van der Waals surface area (Å²) >= 11 is 0. The van der Waals surface area contributed by atoms with Gasteiger partial charge in [0.2, 0.25) is 23.6 Å². The molecular weight excluding hydrogens is 412 g/mol. The lowest BCUT2D eigenvalue weighted by molar-refractivity contribution is -0.135. The molecule has 2 aromatic carbocycles. The first-order chi connectivity index (χ1) is 15.3. The summed E-state index contributed by atoms with van der Waals surface area (Å²) in [5.41, 5.74) is 14.1. The standard InChI is InChI=1S/2C11H13N3O2/c2*12-7-2-1-3-8(6-7)13-9-4-5-10(15)14-11(9)16/h2*1-3,6,9,13H,4-5,12H2,(H,14,15,16)/t9-;/m0./s1. The molecule has 4 amide bonds. The SMILES string of the molecule is Nc1cccc(NC2CCC(=O)NC2=O)c1.Nc1cccc(N[C@H]2CCC(=O)NC2=O)c1. The van der Waals surface area contributed by atoms with E-state index in [0.717, 1.165) is 11.4 Å². The Balaban J connectivity index is 0.000000181. The molecular formula is C22H26N6O4. The fraction of sp³-hybridized carbons (Fsp3) is 0.273. The minimum atomic E-state index is -0.362. The second kappa shape index (κ2) is 10.3. The van der Waals surface area contributed by atoms with Crippen molar-refractivity contribution >= 4 is 46.4 Å². The van der Waals surface area contributed by atoms with Gasteiger partial charge in [0, 0.05) is 35.6 Å². The van der Waals surface area contributed by atoms with Crippen LogP contribution in [0.15, 0.2) is 48.5 Å².